The van der Waals surface area contributed by atoms with Crippen molar-refractivity contribution in [3.05, 3.63) is 23.9 Å². The number of likely N-dealkylation sites (tertiary alicyclic amines) is 1. The number of pyridine rings is 1. The van der Waals surface area contributed by atoms with Gasteiger partial charge in [0.15, 0.2) is 0 Å². The quantitative estimate of drug-likeness (QED) is 0.694. The molecule has 1 aromatic rings. The predicted octanol–water partition coefficient (Wildman–Crippen LogP) is 1.92. The van der Waals surface area contributed by atoms with E-state index in [9.17, 15) is 27.6 Å². The molecule has 2 aliphatic heterocycles. The molecule has 4 rings (SSSR count). The number of amides is 3. The largest absolute Gasteiger partial charge is 0.417 e. The fourth-order valence-corrected chi connectivity index (χ4v) is 4.55. The third kappa shape index (κ3) is 3.87. The second-order valence-corrected chi connectivity index (χ2v) is 8.03. The number of hydrogen-bond donors (Lipinski definition) is 0. The highest BCUT2D eigenvalue weighted by molar-refractivity contribution is 6.07. The number of piperazine rings is 1. The van der Waals surface area contributed by atoms with Crippen LogP contribution in [0.25, 0.3) is 0 Å². The SMILES string of the molecule is O=C(CN1C(=O)C2CCCCC2C1=O)N1CCN(c2ccc(C(F)(F)F)cn2)CC1. The molecule has 3 fully saturated rings. The number of fused-ring (bicyclic) bond motifs is 1. The second kappa shape index (κ2) is 7.88. The molecule has 1 aromatic heterocycles. The molecule has 162 valence electrons. The van der Waals surface area contributed by atoms with Crippen LogP contribution in [0, 0.1) is 11.8 Å². The highest BCUT2D eigenvalue weighted by Gasteiger charge is 2.48. The van der Waals surface area contributed by atoms with E-state index in [0.717, 1.165) is 30.0 Å². The molecule has 2 atom stereocenters. The molecule has 7 nitrogen and oxygen atoms in total. The van der Waals surface area contributed by atoms with Crippen LogP contribution < -0.4 is 4.90 Å². The maximum Gasteiger partial charge on any atom is 0.417 e. The predicted molar refractivity (Wildman–Crippen MR) is 100 cm³/mol. The van der Waals surface area contributed by atoms with Gasteiger partial charge in [0.1, 0.15) is 12.4 Å². The van der Waals surface area contributed by atoms with Gasteiger partial charge in [0.2, 0.25) is 17.7 Å². The zero-order valence-corrected chi connectivity index (χ0v) is 16.4. The Kier molecular flexibility index (Phi) is 5.42. The van der Waals surface area contributed by atoms with Gasteiger partial charge in [0.05, 0.1) is 17.4 Å². The van der Waals surface area contributed by atoms with Gasteiger partial charge in [-0.1, -0.05) is 12.8 Å². The molecule has 0 radical (unpaired) electrons. The van der Waals surface area contributed by atoms with Crippen LogP contribution in [0.3, 0.4) is 0 Å². The van der Waals surface area contributed by atoms with Crippen LogP contribution >= 0.6 is 0 Å². The van der Waals surface area contributed by atoms with Gasteiger partial charge in [-0.05, 0) is 25.0 Å². The first-order valence-corrected chi connectivity index (χ1v) is 10.2. The smallest absolute Gasteiger partial charge is 0.353 e. The summed E-state index contributed by atoms with van der Waals surface area (Å²) >= 11 is 0. The maximum absolute atomic E-state index is 12.7. The number of carbonyl (C=O) groups is 3. The third-order valence-corrected chi connectivity index (χ3v) is 6.26. The molecule has 2 unspecified atom stereocenters. The van der Waals surface area contributed by atoms with Crippen LogP contribution in [-0.2, 0) is 20.6 Å². The van der Waals surface area contributed by atoms with E-state index in [2.05, 4.69) is 4.98 Å². The van der Waals surface area contributed by atoms with Crippen LogP contribution in [0.1, 0.15) is 31.2 Å². The highest BCUT2D eigenvalue weighted by Crippen LogP contribution is 2.38. The number of aromatic nitrogens is 1. The Morgan fingerprint density at radius 3 is 2.10 bits per heavy atom. The van der Waals surface area contributed by atoms with E-state index >= 15 is 0 Å². The molecule has 3 aliphatic rings. The average Bonchev–Trinajstić information content (AvgIpc) is 2.98. The van der Waals surface area contributed by atoms with Crippen LogP contribution in [0.5, 0.6) is 0 Å². The van der Waals surface area contributed by atoms with Crippen molar-refractivity contribution >= 4 is 23.5 Å². The standard InChI is InChI=1S/C20H23F3N4O3/c21-20(22,23)13-5-6-16(24-11-13)25-7-9-26(10-8-25)17(28)12-27-18(29)14-3-1-2-4-15(14)19(27)30/h5-6,11,14-15H,1-4,7-10,12H2. The van der Waals surface area contributed by atoms with E-state index in [1.54, 1.807) is 4.90 Å². The Labute approximate surface area is 171 Å². The summed E-state index contributed by atoms with van der Waals surface area (Å²) < 4.78 is 38.0. The average molecular weight is 424 g/mol. The first-order valence-electron chi connectivity index (χ1n) is 10.2. The Bertz CT molecular complexity index is 811. The molecule has 1 aliphatic carbocycles. The lowest BCUT2D eigenvalue weighted by molar-refractivity contribution is -0.146. The van der Waals surface area contributed by atoms with Gasteiger partial charge in [-0.15, -0.1) is 0 Å². The summed E-state index contributed by atoms with van der Waals surface area (Å²) in [7, 11) is 0. The molecular weight excluding hydrogens is 401 g/mol. The maximum atomic E-state index is 12.7. The Morgan fingerprint density at radius 2 is 1.60 bits per heavy atom. The normalized spacial score (nSPS) is 25.0. The molecule has 2 saturated heterocycles. The van der Waals surface area contributed by atoms with Crippen LogP contribution in [0.4, 0.5) is 19.0 Å². The summed E-state index contributed by atoms with van der Waals surface area (Å²) in [5, 5.41) is 0. The number of anilines is 1. The molecule has 30 heavy (non-hydrogen) atoms. The Balaban J connectivity index is 1.32. The zero-order chi connectivity index (χ0) is 21.5. The van der Waals surface area contributed by atoms with Crippen LogP contribution in [0.2, 0.25) is 0 Å². The molecule has 3 heterocycles. The number of alkyl halides is 3. The van der Waals surface area contributed by atoms with Crippen molar-refractivity contribution in [3.63, 3.8) is 0 Å². The zero-order valence-electron chi connectivity index (χ0n) is 16.4. The summed E-state index contributed by atoms with van der Waals surface area (Å²) in [5.41, 5.74) is -0.805. The number of hydrogen-bond acceptors (Lipinski definition) is 5. The topological polar surface area (TPSA) is 73.8 Å². The lowest BCUT2D eigenvalue weighted by Gasteiger charge is -2.36. The minimum absolute atomic E-state index is 0.231. The van der Waals surface area contributed by atoms with E-state index in [0.29, 0.717) is 44.8 Å². The Hall–Kier alpha value is -2.65. The summed E-state index contributed by atoms with van der Waals surface area (Å²) in [5.74, 6) is -0.876. The first kappa shape index (κ1) is 20.6. The van der Waals surface area contributed by atoms with Gasteiger partial charge < -0.3 is 9.80 Å². The lowest BCUT2D eigenvalue weighted by Crippen LogP contribution is -2.52. The van der Waals surface area contributed by atoms with Crippen molar-refractivity contribution in [3.8, 4) is 0 Å². The number of nitrogens with zero attached hydrogens (tertiary/aromatic N) is 4. The van der Waals surface area contributed by atoms with Gasteiger partial charge in [0.25, 0.3) is 0 Å². The fourth-order valence-electron chi connectivity index (χ4n) is 4.55. The van der Waals surface area contributed by atoms with Gasteiger partial charge in [-0.2, -0.15) is 13.2 Å². The summed E-state index contributed by atoms with van der Waals surface area (Å²) in [6.07, 6.45) is -0.350. The minimum Gasteiger partial charge on any atom is -0.353 e. The van der Waals surface area contributed by atoms with Crippen LogP contribution in [-0.4, -0.2) is 65.2 Å². The molecular formula is C20H23F3N4O3. The number of imide groups is 1. The van der Waals surface area contributed by atoms with Gasteiger partial charge in [-0.25, -0.2) is 4.98 Å². The summed E-state index contributed by atoms with van der Waals surface area (Å²) in [6.45, 7) is 1.30. The van der Waals surface area contributed by atoms with E-state index in [-0.39, 0.29) is 36.1 Å². The van der Waals surface area contributed by atoms with Crippen molar-refractivity contribution < 1.29 is 27.6 Å². The monoisotopic (exact) mass is 424 g/mol. The first-order chi connectivity index (χ1) is 14.3. The van der Waals surface area contributed by atoms with Crippen LogP contribution in [0.15, 0.2) is 18.3 Å². The van der Waals surface area contributed by atoms with E-state index < -0.39 is 11.7 Å². The van der Waals surface area contributed by atoms with Gasteiger partial charge >= 0.3 is 6.18 Å². The molecule has 3 amide bonds. The van der Waals surface area contributed by atoms with Crippen molar-refractivity contribution in [1.82, 2.24) is 14.8 Å². The molecule has 0 bridgehead atoms. The van der Waals surface area contributed by atoms with Crippen molar-refractivity contribution in [1.29, 1.82) is 0 Å². The fraction of sp³-hybridized carbons (Fsp3) is 0.600. The molecule has 10 heteroatoms. The third-order valence-electron chi connectivity index (χ3n) is 6.26. The number of halogens is 3. The Morgan fingerprint density at radius 1 is 1.00 bits per heavy atom. The molecule has 0 N–H and O–H groups in total. The highest BCUT2D eigenvalue weighted by atomic mass is 19.4. The lowest BCUT2D eigenvalue weighted by atomic mass is 9.81. The van der Waals surface area contributed by atoms with Gasteiger partial charge in [-0.3, -0.25) is 19.3 Å². The molecule has 1 saturated carbocycles. The summed E-state index contributed by atoms with van der Waals surface area (Å²) in [4.78, 5) is 46.2. The summed E-state index contributed by atoms with van der Waals surface area (Å²) in [6, 6.07) is 2.31. The van der Waals surface area contributed by atoms with E-state index in [1.165, 1.54) is 6.07 Å². The van der Waals surface area contributed by atoms with E-state index in [1.807, 2.05) is 4.90 Å². The molecule has 0 spiro atoms. The van der Waals surface area contributed by atoms with E-state index in [4.69, 9.17) is 0 Å². The number of rotatable bonds is 3. The minimum atomic E-state index is -4.43. The number of carbonyl (C=O) groups excluding carboxylic acids is 3. The molecule has 0 aromatic carbocycles. The van der Waals surface area contributed by atoms with Crippen molar-refractivity contribution in [2.45, 2.75) is 31.9 Å². The van der Waals surface area contributed by atoms with Crippen molar-refractivity contribution in [2.75, 3.05) is 37.6 Å². The van der Waals surface area contributed by atoms with Gasteiger partial charge in [0, 0.05) is 32.4 Å². The second-order valence-electron chi connectivity index (χ2n) is 8.03. The van der Waals surface area contributed by atoms with Crippen molar-refractivity contribution in [2.24, 2.45) is 11.8 Å².